The predicted octanol–water partition coefficient (Wildman–Crippen LogP) is 11.7. The molecule has 0 saturated heterocycles. The van der Waals surface area contributed by atoms with Gasteiger partial charge in [0.1, 0.15) is 22.6 Å². The Morgan fingerprint density at radius 3 is 0.706 bits per heavy atom. The van der Waals surface area contributed by atoms with Gasteiger partial charge >= 0.3 is 0 Å². The lowest BCUT2D eigenvalue weighted by molar-refractivity contribution is 0.167. The van der Waals surface area contributed by atoms with Gasteiger partial charge in [-0.25, -0.2) is 29.9 Å². The monoisotopic (exact) mass is 1050 g/mol. The molecule has 0 aliphatic carbocycles. The first kappa shape index (κ1) is 44.8. The van der Waals surface area contributed by atoms with E-state index in [1.807, 2.05) is 94.1 Å². The smallest absolute Gasteiger partial charge is 0.164 e. The van der Waals surface area contributed by atoms with Crippen molar-refractivity contribution in [3.05, 3.63) is 48.5 Å². The molecule has 0 fully saturated rings. The van der Waals surface area contributed by atoms with Gasteiger partial charge in [-0.15, -0.1) is 94.1 Å². The van der Waals surface area contributed by atoms with Gasteiger partial charge in [-0.1, -0.05) is 0 Å². The number of aromatic amines is 2. The number of fused-ring (bicyclic) bond motifs is 24. The van der Waals surface area contributed by atoms with Crippen LogP contribution in [0, 0.1) is 0 Å². The molecule has 2 N–H and O–H groups in total. The fourth-order valence-electron chi connectivity index (χ4n) is 8.81. The second-order valence-corrected chi connectivity index (χ2v) is 25.3. The van der Waals surface area contributed by atoms with Crippen LogP contribution in [0.1, 0.15) is 0 Å². The third kappa shape index (κ3) is 8.86. The summed E-state index contributed by atoms with van der Waals surface area (Å²) >= 11 is 14.6. The predicted molar refractivity (Wildman–Crippen MR) is 285 cm³/mol. The van der Waals surface area contributed by atoms with Crippen molar-refractivity contribution in [3.8, 4) is 45.6 Å². The van der Waals surface area contributed by atoms with Crippen LogP contribution in [-0.4, -0.2) is 139 Å². The van der Waals surface area contributed by atoms with Crippen molar-refractivity contribution in [1.82, 2.24) is 39.9 Å². The van der Waals surface area contributed by atoms with Crippen LogP contribution < -0.4 is 0 Å². The number of H-pyrrole nitrogens is 2. The molecule has 0 saturated carbocycles. The summed E-state index contributed by atoms with van der Waals surface area (Å²) in [6.45, 7) is 5.66. The quantitative estimate of drug-likeness (QED) is 0.148. The molecule has 0 amide bonds. The van der Waals surface area contributed by atoms with Crippen molar-refractivity contribution in [3.63, 3.8) is 0 Å². The number of aromatic nitrogens is 8. The molecule has 346 valence electrons. The van der Waals surface area contributed by atoms with E-state index >= 15 is 0 Å². The maximum Gasteiger partial charge on any atom is 0.164 e. The Morgan fingerprint density at radius 2 is 0.485 bits per heavy atom. The molecule has 0 unspecified atom stereocenters. The average molecular weight is 1050 g/mol. The molecule has 0 spiro atoms. The molecule has 7 aromatic rings. The summed E-state index contributed by atoms with van der Waals surface area (Å²) in [5, 5.41) is 3.89. The molecule has 68 heavy (non-hydrogen) atoms. The van der Waals surface area contributed by atoms with E-state index in [1.54, 1.807) is 0 Å². The fourth-order valence-corrected chi connectivity index (χ4v) is 16.8. The maximum atomic E-state index is 5.94. The van der Waals surface area contributed by atoms with Crippen LogP contribution >= 0.6 is 94.1 Å². The number of rotatable bonds is 0. The lowest BCUT2D eigenvalue weighted by Crippen LogP contribution is -1.99. The number of nitrogens with zero attached hydrogens (tertiary/aromatic N) is 6. The van der Waals surface area contributed by atoms with Gasteiger partial charge in [0, 0.05) is 129 Å². The Balaban J connectivity index is 1.14. The molecule has 9 heterocycles. The molecular weight excluding hydrogens is 1010 g/mol. The zero-order valence-electron chi connectivity index (χ0n) is 36.5. The Morgan fingerprint density at radius 1 is 0.279 bits per heavy atom. The van der Waals surface area contributed by atoms with E-state index in [9.17, 15) is 0 Å². The van der Waals surface area contributed by atoms with Crippen LogP contribution in [0.4, 0.5) is 0 Å². The molecule has 0 atom stereocenters. The van der Waals surface area contributed by atoms with Gasteiger partial charge in [0.25, 0.3) is 0 Å². The second kappa shape index (κ2) is 19.8. The van der Waals surface area contributed by atoms with E-state index < -0.39 is 0 Å². The Hall–Kier alpha value is -3.12. The highest BCUT2D eigenvalue weighted by atomic mass is 32.2. The summed E-state index contributed by atoms with van der Waals surface area (Å²) in [5.74, 6) is 9.33. The first-order valence-corrected chi connectivity index (χ1v) is 30.4. The van der Waals surface area contributed by atoms with Crippen LogP contribution in [0.15, 0.2) is 87.7 Å². The van der Waals surface area contributed by atoms with Gasteiger partial charge < -0.3 is 28.9 Å². The first-order chi connectivity index (χ1) is 33.7. The molecule has 0 radical (unpaired) electrons. The van der Waals surface area contributed by atoms with E-state index in [2.05, 4.69) is 58.5 Å². The zero-order chi connectivity index (χ0) is 45.0. The molecule has 20 heteroatoms. The number of thioether (sulfide) groups is 8. The molecule has 12 nitrogen and oxygen atoms in total. The van der Waals surface area contributed by atoms with Crippen molar-refractivity contribution < 1.29 is 18.9 Å². The fraction of sp³-hybridized carbons (Fsp3) is 0.333. The summed E-state index contributed by atoms with van der Waals surface area (Å²) < 4.78 is 23.8. The van der Waals surface area contributed by atoms with Crippen molar-refractivity contribution in [2.75, 3.05) is 98.9 Å². The van der Waals surface area contributed by atoms with E-state index in [0.717, 1.165) is 89.8 Å². The molecule has 4 aromatic carbocycles. The van der Waals surface area contributed by atoms with E-state index in [-0.39, 0.29) is 0 Å². The minimum Gasteiger partial charge on any atom is -0.380 e. The van der Waals surface area contributed by atoms with Gasteiger partial charge in [-0.3, -0.25) is 0 Å². The van der Waals surface area contributed by atoms with E-state index in [1.165, 1.54) is 39.2 Å². The van der Waals surface area contributed by atoms with Crippen LogP contribution in [0.25, 0.3) is 89.7 Å². The number of benzene rings is 4. The number of ether oxygens (including phenoxy) is 4. The van der Waals surface area contributed by atoms with Crippen LogP contribution in [0.3, 0.4) is 0 Å². The highest BCUT2D eigenvalue weighted by molar-refractivity contribution is 8.03. The van der Waals surface area contributed by atoms with Crippen LogP contribution in [0.2, 0.25) is 0 Å². The maximum absolute atomic E-state index is 5.94. The van der Waals surface area contributed by atoms with Gasteiger partial charge in [0.05, 0.1) is 52.9 Å². The third-order valence-corrected chi connectivity index (χ3v) is 20.6. The average Bonchev–Trinajstić information content (AvgIpc) is 4.12. The van der Waals surface area contributed by atoms with Crippen molar-refractivity contribution >= 4 is 138 Å². The minimum absolute atomic E-state index is 0.602. The van der Waals surface area contributed by atoms with Gasteiger partial charge in [0.2, 0.25) is 0 Å². The Bertz CT molecular complexity index is 2910. The SMILES string of the molecule is c1c2c(cc3c1-c1nc-3nc3[nH]c(nc4nc(nc5[nH]c(n1)c1cc6c(cc51)SCCOCCS6)-c1cc5c(cc1-4)SCCOCCS5)c1cc4c(cc31)SCCOCCS4)SCCOCCS2. The molecular formula is C48H42N8O4S8. The van der Waals surface area contributed by atoms with Gasteiger partial charge in [0.15, 0.2) is 23.3 Å². The third-order valence-electron chi connectivity index (χ3n) is 12.0. The summed E-state index contributed by atoms with van der Waals surface area (Å²) in [7, 11) is 0. The Kier molecular flexibility index (Phi) is 13.1. The molecule has 6 aliphatic heterocycles. The molecule has 3 aromatic heterocycles. The minimum atomic E-state index is 0.602. The second-order valence-electron chi connectivity index (χ2n) is 16.2. The highest BCUT2D eigenvalue weighted by Gasteiger charge is 2.27. The van der Waals surface area contributed by atoms with Gasteiger partial charge in [-0.05, 0) is 48.5 Å². The number of nitrogens with one attached hydrogen (secondary N) is 2. The van der Waals surface area contributed by atoms with Crippen LogP contribution in [0.5, 0.6) is 0 Å². The number of hydrogen-bond donors (Lipinski definition) is 2. The van der Waals surface area contributed by atoms with E-state index in [4.69, 9.17) is 48.9 Å². The van der Waals surface area contributed by atoms with Crippen molar-refractivity contribution in [2.24, 2.45) is 0 Å². The van der Waals surface area contributed by atoms with E-state index in [0.29, 0.717) is 98.7 Å². The van der Waals surface area contributed by atoms with Gasteiger partial charge in [-0.2, -0.15) is 0 Å². The molecule has 6 aliphatic rings. The van der Waals surface area contributed by atoms with Crippen molar-refractivity contribution in [1.29, 1.82) is 0 Å². The van der Waals surface area contributed by atoms with Crippen LogP contribution in [-0.2, 0) is 18.9 Å². The lowest BCUT2D eigenvalue weighted by Gasteiger charge is -2.10. The summed E-state index contributed by atoms with van der Waals surface area (Å²) in [6.07, 6.45) is 0. The highest BCUT2D eigenvalue weighted by Crippen LogP contribution is 2.46. The molecule has 8 bridgehead atoms. The zero-order valence-corrected chi connectivity index (χ0v) is 43.0. The lowest BCUT2D eigenvalue weighted by atomic mass is 10.1. The molecule has 13 rings (SSSR count). The van der Waals surface area contributed by atoms with Crippen molar-refractivity contribution in [2.45, 2.75) is 39.2 Å². The number of hydrogen-bond acceptors (Lipinski definition) is 18. The summed E-state index contributed by atoms with van der Waals surface area (Å²) in [6, 6.07) is 18.2. The largest absolute Gasteiger partial charge is 0.380 e. The first-order valence-electron chi connectivity index (χ1n) is 22.6. The summed E-state index contributed by atoms with van der Waals surface area (Å²) in [4.78, 5) is 49.8. The standard InChI is InChI=1S/C48H42N8O4S8/c1-9-61-33-17-25-26(18-34(33)62-10-2-57-1)42-49-41(25)53-43-27-19-35-36(64-12-4-58-3-11-63-35)20-28(27)45(50-43)55-47-31-23-39-40(68-16-8-60-7-15-67-39)24-32(31)48(52-47)56-46-30-22-38-37(21-29(30)44(51-46)54-42)65-13-5-59-6-14-66-38/h17-24H,1-16H2,(H2,49,50,51,52,53,54,55,56). The normalized spacial score (nSPS) is 18.1. The summed E-state index contributed by atoms with van der Waals surface area (Å²) in [5.41, 5.74) is 6.54. The topological polar surface area (TPSA) is 146 Å². The Labute approximate surface area is 425 Å².